The van der Waals surface area contributed by atoms with E-state index in [0.717, 1.165) is 18.7 Å². The first-order valence-electron chi connectivity index (χ1n) is 7.31. The molecular formula is C16H21N3O. The summed E-state index contributed by atoms with van der Waals surface area (Å²) in [6.07, 6.45) is 8.42. The minimum atomic E-state index is 0.00838. The monoisotopic (exact) mass is 271 g/mol. The first-order valence-corrected chi connectivity index (χ1v) is 7.31. The van der Waals surface area contributed by atoms with Gasteiger partial charge in [0.2, 0.25) is 0 Å². The molecule has 106 valence electrons. The molecule has 1 saturated heterocycles. The molecule has 4 nitrogen and oxygen atoms in total. The van der Waals surface area contributed by atoms with Gasteiger partial charge in [-0.3, -0.25) is 4.57 Å². The van der Waals surface area contributed by atoms with Crippen molar-refractivity contribution in [1.82, 2.24) is 14.5 Å². The maximum Gasteiger partial charge on any atom is 0.332 e. The van der Waals surface area contributed by atoms with Crippen LogP contribution in [0.1, 0.15) is 24.8 Å². The van der Waals surface area contributed by atoms with Crippen molar-refractivity contribution in [2.24, 2.45) is 7.05 Å². The molecule has 0 saturated carbocycles. The molecular weight excluding hydrogens is 250 g/mol. The van der Waals surface area contributed by atoms with Crippen molar-refractivity contribution >= 4 is 0 Å². The SMILES string of the molecule is Cn1ccn(-c2ccccc2CC2CCCCN2)c1=O. The molecule has 20 heavy (non-hydrogen) atoms. The number of rotatable bonds is 3. The van der Waals surface area contributed by atoms with E-state index in [2.05, 4.69) is 17.4 Å². The lowest BCUT2D eigenvalue weighted by atomic mass is 9.97. The third-order valence-corrected chi connectivity index (χ3v) is 4.08. The molecule has 2 aromatic rings. The van der Waals surface area contributed by atoms with Crippen LogP contribution in [0, 0.1) is 0 Å². The first-order chi connectivity index (χ1) is 9.75. The molecule has 0 aliphatic carbocycles. The van der Waals surface area contributed by atoms with E-state index < -0.39 is 0 Å². The van der Waals surface area contributed by atoms with Gasteiger partial charge in [-0.1, -0.05) is 24.6 Å². The second-order valence-corrected chi connectivity index (χ2v) is 5.54. The van der Waals surface area contributed by atoms with Crippen LogP contribution in [0.2, 0.25) is 0 Å². The van der Waals surface area contributed by atoms with Crippen molar-refractivity contribution in [2.75, 3.05) is 6.54 Å². The second kappa shape index (κ2) is 5.67. The minimum Gasteiger partial charge on any atom is -0.314 e. The normalized spacial score (nSPS) is 19.1. The standard InChI is InChI=1S/C16H21N3O/c1-18-10-11-19(16(18)20)15-8-3-2-6-13(15)12-14-7-4-5-9-17-14/h2-3,6,8,10-11,14,17H,4-5,7,9,12H2,1H3. The lowest BCUT2D eigenvalue weighted by Gasteiger charge is -2.24. The van der Waals surface area contributed by atoms with Gasteiger partial charge in [-0.05, 0) is 37.4 Å². The lowest BCUT2D eigenvalue weighted by Crippen LogP contribution is -2.36. The quantitative estimate of drug-likeness (QED) is 0.925. The number of aromatic nitrogens is 2. The molecule has 1 fully saturated rings. The summed E-state index contributed by atoms with van der Waals surface area (Å²) in [4.78, 5) is 12.1. The Labute approximate surface area is 119 Å². The zero-order chi connectivity index (χ0) is 13.9. The third-order valence-electron chi connectivity index (χ3n) is 4.08. The highest BCUT2D eigenvalue weighted by Crippen LogP contribution is 2.18. The molecule has 1 aromatic heterocycles. The molecule has 1 aliphatic rings. The summed E-state index contributed by atoms with van der Waals surface area (Å²) in [5.41, 5.74) is 2.25. The van der Waals surface area contributed by atoms with Crippen molar-refractivity contribution in [3.63, 3.8) is 0 Å². The van der Waals surface area contributed by atoms with E-state index >= 15 is 0 Å². The molecule has 1 aromatic carbocycles. The third kappa shape index (κ3) is 2.56. The fourth-order valence-electron chi connectivity index (χ4n) is 2.93. The van der Waals surface area contributed by atoms with Crippen LogP contribution in [0.25, 0.3) is 5.69 Å². The zero-order valence-corrected chi connectivity index (χ0v) is 11.9. The number of nitrogens with zero attached hydrogens (tertiary/aromatic N) is 2. The topological polar surface area (TPSA) is 39.0 Å². The summed E-state index contributed by atoms with van der Waals surface area (Å²) in [5, 5.41) is 3.57. The molecule has 0 radical (unpaired) electrons. The molecule has 1 aliphatic heterocycles. The van der Waals surface area contributed by atoms with Crippen molar-refractivity contribution in [3.05, 3.63) is 52.7 Å². The summed E-state index contributed by atoms with van der Waals surface area (Å²) < 4.78 is 3.34. The Bertz CT molecular complexity index is 635. The molecule has 0 amide bonds. The van der Waals surface area contributed by atoms with Crippen molar-refractivity contribution < 1.29 is 0 Å². The van der Waals surface area contributed by atoms with E-state index in [-0.39, 0.29) is 5.69 Å². The number of hydrogen-bond acceptors (Lipinski definition) is 2. The van der Waals surface area contributed by atoms with Crippen LogP contribution in [0.5, 0.6) is 0 Å². The molecule has 1 atom stereocenters. The van der Waals surface area contributed by atoms with Gasteiger partial charge in [0.1, 0.15) is 0 Å². The Balaban J connectivity index is 1.92. The van der Waals surface area contributed by atoms with Crippen molar-refractivity contribution in [3.8, 4) is 5.69 Å². The van der Waals surface area contributed by atoms with E-state index in [4.69, 9.17) is 0 Å². The van der Waals surface area contributed by atoms with Gasteiger partial charge in [-0.2, -0.15) is 0 Å². The predicted octanol–water partition coefficient (Wildman–Crippen LogP) is 1.86. The van der Waals surface area contributed by atoms with Crippen molar-refractivity contribution in [2.45, 2.75) is 31.7 Å². The van der Waals surface area contributed by atoms with Gasteiger partial charge < -0.3 is 9.88 Å². The highest BCUT2D eigenvalue weighted by molar-refractivity contribution is 5.41. The average Bonchev–Trinajstić information content (AvgIpc) is 2.81. The Hall–Kier alpha value is -1.81. The van der Waals surface area contributed by atoms with Crippen LogP contribution < -0.4 is 11.0 Å². The van der Waals surface area contributed by atoms with Gasteiger partial charge in [0.05, 0.1) is 5.69 Å². The Morgan fingerprint density at radius 1 is 1.25 bits per heavy atom. The smallest absolute Gasteiger partial charge is 0.314 e. The van der Waals surface area contributed by atoms with E-state index in [1.54, 1.807) is 22.4 Å². The van der Waals surface area contributed by atoms with Crippen LogP contribution in [0.3, 0.4) is 0 Å². The lowest BCUT2D eigenvalue weighted by molar-refractivity contribution is 0.399. The number of hydrogen-bond donors (Lipinski definition) is 1. The van der Waals surface area contributed by atoms with Crippen LogP contribution in [-0.2, 0) is 13.5 Å². The van der Waals surface area contributed by atoms with Gasteiger partial charge >= 0.3 is 5.69 Å². The number of benzene rings is 1. The highest BCUT2D eigenvalue weighted by Gasteiger charge is 2.16. The Kier molecular flexibility index (Phi) is 3.74. The van der Waals surface area contributed by atoms with Crippen LogP contribution in [0.15, 0.2) is 41.5 Å². The molecule has 1 N–H and O–H groups in total. The molecule has 0 spiro atoms. The van der Waals surface area contributed by atoms with E-state index in [1.807, 2.05) is 18.3 Å². The maximum absolute atomic E-state index is 12.1. The van der Waals surface area contributed by atoms with Gasteiger partial charge in [0.25, 0.3) is 0 Å². The predicted molar refractivity (Wildman–Crippen MR) is 80.4 cm³/mol. The summed E-state index contributed by atoms with van der Waals surface area (Å²) in [5.74, 6) is 0. The fourth-order valence-corrected chi connectivity index (χ4v) is 2.93. The van der Waals surface area contributed by atoms with Crippen molar-refractivity contribution in [1.29, 1.82) is 0 Å². The van der Waals surface area contributed by atoms with Crippen LogP contribution in [0.4, 0.5) is 0 Å². The Morgan fingerprint density at radius 3 is 2.80 bits per heavy atom. The Morgan fingerprint density at radius 2 is 2.10 bits per heavy atom. The number of nitrogens with one attached hydrogen (secondary N) is 1. The first kappa shape index (κ1) is 13.2. The van der Waals surface area contributed by atoms with E-state index in [0.29, 0.717) is 6.04 Å². The summed E-state index contributed by atoms with van der Waals surface area (Å²) in [6, 6.07) is 8.73. The van der Waals surface area contributed by atoms with Gasteiger partial charge in [-0.25, -0.2) is 4.79 Å². The zero-order valence-electron chi connectivity index (χ0n) is 11.9. The molecule has 1 unspecified atom stereocenters. The molecule has 4 heteroatoms. The second-order valence-electron chi connectivity index (χ2n) is 5.54. The fraction of sp³-hybridized carbons (Fsp3) is 0.438. The van der Waals surface area contributed by atoms with Crippen LogP contribution >= 0.6 is 0 Å². The highest BCUT2D eigenvalue weighted by atomic mass is 16.1. The summed E-state index contributed by atoms with van der Waals surface area (Å²) >= 11 is 0. The summed E-state index contributed by atoms with van der Waals surface area (Å²) in [6.45, 7) is 1.11. The minimum absolute atomic E-state index is 0.00838. The number of para-hydroxylation sites is 1. The molecule has 2 heterocycles. The van der Waals surface area contributed by atoms with Crippen LogP contribution in [-0.4, -0.2) is 21.7 Å². The number of aryl methyl sites for hydroxylation is 1. The molecule has 0 bridgehead atoms. The van der Waals surface area contributed by atoms with E-state index in [9.17, 15) is 4.79 Å². The summed E-state index contributed by atoms with van der Waals surface area (Å²) in [7, 11) is 1.78. The number of piperidine rings is 1. The van der Waals surface area contributed by atoms with Gasteiger partial charge in [0.15, 0.2) is 0 Å². The van der Waals surface area contributed by atoms with Gasteiger partial charge in [-0.15, -0.1) is 0 Å². The largest absolute Gasteiger partial charge is 0.332 e. The molecule has 3 rings (SSSR count). The maximum atomic E-state index is 12.1. The van der Waals surface area contributed by atoms with Gasteiger partial charge in [0, 0.05) is 25.5 Å². The average molecular weight is 271 g/mol. The number of imidazole rings is 1. The van der Waals surface area contributed by atoms with E-state index in [1.165, 1.54) is 24.8 Å².